The molecule has 116 valence electrons. The van der Waals surface area contributed by atoms with E-state index in [0.717, 1.165) is 5.75 Å². The van der Waals surface area contributed by atoms with E-state index in [0.29, 0.717) is 22.0 Å². The Labute approximate surface area is 135 Å². The van der Waals surface area contributed by atoms with Gasteiger partial charge in [-0.3, -0.25) is 4.79 Å². The summed E-state index contributed by atoms with van der Waals surface area (Å²) >= 11 is 6.02. The van der Waals surface area contributed by atoms with E-state index < -0.39 is 0 Å². The maximum absolute atomic E-state index is 12.2. The third kappa shape index (κ3) is 4.15. The molecule has 0 aliphatic carbocycles. The summed E-state index contributed by atoms with van der Waals surface area (Å²) in [6.07, 6.45) is 0.113. The summed E-state index contributed by atoms with van der Waals surface area (Å²) in [5.41, 5.74) is 1.15. The molecule has 2 aromatic rings. The van der Waals surface area contributed by atoms with Crippen molar-refractivity contribution in [3.63, 3.8) is 0 Å². The minimum absolute atomic E-state index is 0.113. The number of ether oxygens (including phenoxy) is 2. The predicted molar refractivity (Wildman–Crippen MR) is 88.2 cm³/mol. The molecule has 0 bridgehead atoms. The largest absolute Gasteiger partial charge is 0.495 e. The molecule has 0 aliphatic heterocycles. The summed E-state index contributed by atoms with van der Waals surface area (Å²) in [5, 5.41) is 3.21. The van der Waals surface area contributed by atoms with Gasteiger partial charge in [-0.1, -0.05) is 11.6 Å². The minimum atomic E-state index is -0.234. The van der Waals surface area contributed by atoms with Crippen molar-refractivity contribution in [1.82, 2.24) is 0 Å². The highest BCUT2D eigenvalue weighted by Gasteiger charge is 2.09. The number of amides is 1. The van der Waals surface area contributed by atoms with E-state index in [-0.39, 0.29) is 12.0 Å². The molecule has 2 aromatic carbocycles. The molecule has 0 heterocycles. The van der Waals surface area contributed by atoms with Gasteiger partial charge in [0.05, 0.1) is 18.2 Å². The van der Waals surface area contributed by atoms with Crippen LogP contribution < -0.4 is 14.8 Å². The fourth-order valence-corrected chi connectivity index (χ4v) is 2.16. The molecule has 0 aromatic heterocycles. The van der Waals surface area contributed by atoms with Gasteiger partial charge < -0.3 is 14.8 Å². The van der Waals surface area contributed by atoms with Crippen LogP contribution in [0.15, 0.2) is 42.5 Å². The molecule has 5 heteroatoms. The highest BCUT2D eigenvalue weighted by molar-refractivity contribution is 6.32. The molecule has 0 saturated carbocycles. The summed E-state index contributed by atoms with van der Waals surface area (Å²) in [6.45, 7) is 3.92. The lowest BCUT2D eigenvalue weighted by Gasteiger charge is -2.11. The maximum Gasteiger partial charge on any atom is 0.255 e. The minimum Gasteiger partial charge on any atom is -0.495 e. The first kappa shape index (κ1) is 16.2. The molecule has 22 heavy (non-hydrogen) atoms. The number of carbonyl (C=O) groups excluding carboxylic acids is 1. The fourth-order valence-electron chi connectivity index (χ4n) is 1.90. The van der Waals surface area contributed by atoms with E-state index in [2.05, 4.69) is 5.32 Å². The van der Waals surface area contributed by atoms with E-state index in [1.54, 1.807) is 30.3 Å². The van der Waals surface area contributed by atoms with Crippen molar-refractivity contribution in [2.45, 2.75) is 20.0 Å². The van der Waals surface area contributed by atoms with Crippen LogP contribution in [0.25, 0.3) is 0 Å². The molecular weight excluding hydrogens is 302 g/mol. The lowest BCUT2D eigenvalue weighted by Crippen LogP contribution is -2.12. The third-order valence-electron chi connectivity index (χ3n) is 2.90. The van der Waals surface area contributed by atoms with Crippen LogP contribution in [-0.2, 0) is 0 Å². The van der Waals surface area contributed by atoms with Gasteiger partial charge in [-0.15, -0.1) is 0 Å². The summed E-state index contributed by atoms with van der Waals surface area (Å²) in [4.78, 5) is 12.2. The van der Waals surface area contributed by atoms with Gasteiger partial charge in [0.1, 0.15) is 11.5 Å². The Morgan fingerprint density at radius 3 is 2.36 bits per heavy atom. The summed E-state index contributed by atoms with van der Waals surface area (Å²) < 4.78 is 10.6. The molecule has 0 fully saturated rings. The molecule has 0 atom stereocenters. The second-order valence-corrected chi connectivity index (χ2v) is 5.40. The molecule has 1 N–H and O–H groups in total. The van der Waals surface area contributed by atoms with Gasteiger partial charge in [0.25, 0.3) is 5.91 Å². The molecule has 0 spiro atoms. The van der Waals surface area contributed by atoms with Crippen molar-refractivity contribution in [3.05, 3.63) is 53.1 Å². The van der Waals surface area contributed by atoms with Crippen molar-refractivity contribution >= 4 is 23.2 Å². The number of anilines is 1. The average Bonchev–Trinajstić information content (AvgIpc) is 2.48. The molecule has 0 saturated heterocycles. The van der Waals surface area contributed by atoms with Crippen LogP contribution in [0.3, 0.4) is 0 Å². The van der Waals surface area contributed by atoms with Crippen LogP contribution in [0.5, 0.6) is 11.5 Å². The van der Waals surface area contributed by atoms with Crippen molar-refractivity contribution in [3.8, 4) is 11.5 Å². The molecule has 0 aliphatic rings. The van der Waals surface area contributed by atoms with Gasteiger partial charge in [-0.25, -0.2) is 0 Å². The lowest BCUT2D eigenvalue weighted by molar-refractivity contribution is 0.102. The van der Waals surface area contributed by atoms with Gasteiger partial charge >= 0.3 is 0 Å². The number of nitrogens with one attached hydrogen (secondary N) is 1. The zero-order chi connectivity index (χ0) is 16.1. The van der Waals surface area contributed by atoms with Gasteiger partial charge in [0.2, 0.25) is 0 Å². The van der Waals surface area contributed by atoms with Crippen LogP contribution in [0, 0.1) is 0 Å². The van der Waals surface area contributed by atoms with Crippen LogP contribution in [0.2, 0.25) is 5.02 Å². The Balaban J connectivity index is 2.06. The first-order valence-corrected chi connectivity index (χ1v) is 7.29. The van der Waals surface area contributed by atoms with Crippen molar-refractivity contribution in [2.75, 3.05) is 12.4 Å². The molecule has 1 amide bonds. The number of hydrogen-bond acceptors (Lipinski definition) is 3. The molecule has 2 rings (SSSR count). The number of carbonyl (C=O) groups is 1. The average molecular weight is 320 g/mol. The fraction of sp³-hybridized carbons (Fsp3) is 0.235. The Hall–Kier alpha value is -2.20. The second-order valence-electron chi connectivity index (χ2n) is 4.99. The standard InChI is InChI=1S/C17H18ClNO3/c1-11(2)22-14-7-5-13(6-8-14)19-17(20)12-4-9-16(21-3)15(18)10-12/h4-11H,1-3H3,(H,19,20). The highest BCUT2D eigenvalue weighted by atomic mass is 35.5. The number of hydrogen-bond donors (Lipinski definition) is 1. The van der Waals surface area contributed by atoms with Gasteiger partial charge in [0, 0.05) is 11.3 Å². The quantitative estimate of drug-likeness (QED) is 0.889. The summed E-state index contributed by atoms with van der Waals surface area (Å²) in [5.74, 6) is 1.07. The number of benzene rings is 2. The molecule has 4 nitrogen and oxygen atoms in total. The Bertz CT molecular complexity index is 653. The summed E-state index contributed by atoms with van der Waals surface area (Å²) in [6, 6.07) is 12.1. The second kappa shape index (κ2) is 7.18. The van der Waals surface area contributed by atoms with Gasteiger partial charge in [-0.05, 0) is 56.3 Å². The first-order valence-electron chi connectivity index (χ1n) is 6.91. The zero-order valence-electron chi connectivity index (χ0n) is 12.7. The number of halogens is 1. The molecule has 0 radical (unpaired) electrons. The first-order chi connectivity index (χ1) is 10.5. The Morgan fingerprint density at radius 1 is 1.14 bits per heavy atom. The topological polar surface area (TPSA) is 47.6 Å². The van der Waals surface area contributed by atoms with Crippen molar-refractivity contribution < 1.29 is 14.3 Å². The normalized spacial score (nSPS) is 10.4. The number of methoxy groups -OCH3 is 1. The Morgan fingerprint density at radius 2 is 1.82 bits per heavy atom. The van der Waals surface area contributed by atoms with E-state index in [1.165, 1.54) is 7.11 Å². The van der Waals surface area contributed by atoms with E-state index in [9.17, 15) is 4.79 Å². The Kier molecular flexibility index (Phi) is 5.28. The third-order valence-corrected chi connectivity index (χ3v) is 3.19. The van der Waals surface area contributed by atoms with Gasteiger partial charge in [0.15, 0.2) is 0 Å². The smallest absolute Gasteiger partial charge is 0.255 e. The van der Waals surface area contributed by atoms with E-state index in [1.807, 2.05) is 26.0 Å². The van der Waals surface area contributed by atoms with Crippen LogP contribution in [-0.4, -0.2) is 19.1 Å². The maximum atomic E-state index is 12.2. The predicted octanol–water partition coefficient (Wildman–Crippen LogP) is 4.39. The highest BCUT2D eigenvalue weighted by Crippen LogP contribution is 2.25. The van der Waals surface area contributed by atoms with E-state index >= 15 is 0 Å². The van der Waals surface area contributed by atoms with Crippen LogP contribution in [0.1, 0.15) is 24.2 Å². The monoisotopic (exact) mass is 319 g/mol. The molecule has 0 unspecified atom stereocenters. The van der Waals surface area contributed by atoms with E-state index in [4.69, 9.17) is 21.1 Å². The van der Waals surface area contributed by atoms with Crippen LogP contribution >= 0.6 is 11.6 Å². The van der Waals surface area contributed by atoms with Crippen molar-refractivity contribution in [1.29, 1.82) is 0 Å². The van der Waals surface area contributed by atoms with Crippen LogP contribution in [0.4, 0.5) is 5.69 Å². The SMILES string of the molecule is COc1ccc(C(=O)Nc2ccc(OC(C)C)cc2)cc1Cl. The summed E-state index contributed by atoms with van der Waals surface area (Å²) in [7, 11) is 1.53. The lowest BCUT2D eigenvalue weighted by atomic mass is 10.2. The zero-order valence-corrected chi connectivity index (χ0v) is 13.5. The van der Waals surface area contributed by atoms with Gasteiger partial charge in [-0.2, -0.15) is 0 Å². The van der Waals surface area contributed by atoms with Crippen molar-refractivity contribution in [2.24, 2.45) is 0 Å². The molecular formula is C17H18ClNO3. The number of rotatable bonds is 5.